The van der Waals surface area contributed by atoms with Gasteiger partial charge in [0.1, 0.15) is 17.3 Å². The molecule has 0 unspecified atom stereocenters. The summed E-state index contributed by atoms with van der Waals surface area (Å²) in [6.45, 7) is 3.62. The van der Waals surface area contributed by atoms with Crippen LogP contribution in [0.5, 0.6) is 11.5 Å². The normalized spacial score (nSPS) is 13.5. The van der Waals surface area contributed by atoms with Crippen molar-refractivity contribution in [2.24, 2.45) is 0 Å². The maximum atomic E-state index is 6.16. The van der Waals surface area contributed by atoms with Crippen molar-refractivity contribution in [3.63, 3.8) is 0 Å². The molecule has 0 radical (unpaired) electrons. The number of aryl methyl sites for hydroxylation is 1. The highest BCUT2D eigenvalue weighted by Crippen LogP contribution is 2.35. The largest absolute Gasteiger partial charge is 0.490 e. The first-order valence-electron chi connectivity index (χ1n) is 6.87. The molecular weight excluding hydrogens is 266 g/mol. The van der Waals surface area contributed by atoms with Crippen LogP contribution in [0.2, 0.25) is 0 Å². The summed E-state index contributed by atoms with van der Waals surface area (Å²) in [6, 6.07) is 5.75. The number of hydrogen-bond donors (Lipinski definition) is 1. The highest BCUT2D eigenvalue weighted by molar-refractivity contribution is 5.73. The molecule has 0 fully saturated rings. The first-order valence-corrected chi connectivity index (χ1v) is 6.87. The molecule has 0 aliphatic carbocycles. The standard InChI is InChI=1S/C16H17N3O2/c1-3-7-19-11(2)18-15(16(19)17)12-5-6-13-14(10-12)21-9-4-8-20-13/h1,5-6,10H,4,7-9,17H2,2H3. The van der Waals surface area contributed by atoms with E-state index >= 15 is 0 Å². The SMILES string of the molecule is C#CCn1c(C)nc(-c2ccc3c(c2)OCCCO3)c1N. The molecule has 0 atom stereocenters. The Bertz CT molecular complexity index is 713. The Hall–Kier alpha value is -2.61. The third-order valence-electron chi connectivity index (χ3n) is 3.47. The minimum atomic E-state index is 0.412. The Labute approximate surface area is 123 Å². The van der Waals surface area contributed by atoms with Gasteiger partial charge in [-0.2, -0.15) is 0 Å². The molecule has 0 spiro atoms. The van der Waals surface area contributed by atoms with Crippen LogP contribution < -0.4 is 15.2 Å². The zero-order valence-corrected chi connectivity index (χ0v) is 11.9. The molecule has 2 heterocycles. The third kappa shape index (κ3) is 2.40. The minimum Gasteiger partial charge on any atom is -0.490 e. The second-order valence-electron chi connectivity index (χ2n) is 4.90. The Kier molecular flexibility index (Phi) is 3.44. The summed E-state index contributed by atoms with van der Waals surface area (Å²) in [6.07, 6.45) is 6.24. The Morgan fingerprint density at radius 3 is 2.86 bits per heavy atom. The Morgan fingerprint density at radius 1 is 1.33 bits per heavy atom. The highest BCUT2D eigenvalue weighted by Gasteiger charge is 2.16. The summed E-state index contributed by atoms with van der Waals surface area (Å²) in [5, 5.41) is 0. The molecule has 2 N–H and O–H groups in total. The predicted octanol–water partition coefficient (Wildman–Crippen LogP) is 2.24. The number of nitrogens with zero attached hydrogens (tertiary/aromatic N) is 2. The molecule has 1 aromatic carbocycles. The van der Waals surface area contributed by atoms with E-state index in [1.165, 1.54) is 0 Å². The number of nitrogens with two attached hydrogens (primary N) is 1. The average Bonchev–Trinajstić information content (AvgIpc) is 2.69. The molecule has 1 aliphatic rings. The lowest BCUT2D eigenvalue weighted by Gasteiger charge is -2.09. The van der Waals surface area contributed by atoms with Crippen molar-refractivity contribution in [1.82, 2.24) is 9.55 Å². The van der Waals surface area contributed by atoms with Crippen LogP contribution in [-0.4, -0.2) is 22.8 Å². The number of anilines is 1. The van der Waals surface area contributed by atoms with Crippen molar-refractivity contribution >= 4 is 5.82 Å². The Balaban J connectivity index is 2.03. The lowest BCUT2D eigenvalue weighted by Crippen LogP contribution is -2.03. The maximum absolute atomic E-state index is 6.16. The van der Waals surface area contributed by atoms with Gasteiger partial charge in [0.2, 0.25) is 0 Å². The maximum Gasteiger partial charge on any atom is 0.161 e. The third-order valence-corrected chi connectivity index (χ3v) is 3.47. The highest BCUT2D eigenvalue weighted by atomic mass is 16.5. The number of nitrogen functional groups attached to an aromatic ring is 1. The number of hydrogen-bond acceptors (Lipinski definition) is 4. The molecule has 1 aliphatic heterocycles. The van der Waals surface area contributed by atoms with Gasteiger partial charge in [0, 0.05) is 12.0 Å². The van der Waals surface area contributed by atoms with Crippen molar-refractivity contribution in [3.8, 4) is 35.1 Å². The molecule has 0 saturated heterocycles. The van der Waals surface area contributed by atoms with Gasteiger partial charge >= 0.3 is 0 Å². The number of benzene rings is 1. The van der Waals surface area contributed by atoms with Gasteiger partial charge in [-0.1, -0.05) is 5.92 Å². The van der Waals surface area contributed by atoms with Crippen LogP contribution in [0.3, 0.4) is 0 Å². The number of rotatable bonds is 2. The first-order chi connectivity index (χ1) is 10.2. The number of aromatic nitrogens is 2. The second-order valence-corrected chi connectivity index (χ2v) is 4.90. The van der Waals surface area contributed by atoms with Gasteiger partial charge in [0.25, 0.3) is 0 Å². The second kappa shape index (κ2) is 5.41. The van der Waals surface area contributed by atoms with Gasteiger partial charge in [0.05, 0.1) is 19.8 Å². The molecular formula is C16H17N3O2. The smallest absolute Gasteiger partial charge is 0.161 e. The van der Waals surface area contributed by atoms with Gasteiger partial charge in [-0.05, 0) is 25.1 Å². The Morgan fingerprint density at radius 2 is 2.10 bits per heavy atom. The van der Waals surface area contributed by atoms with E-state index in [1.54, 1.807) is 0 Å². The quantitative estimate of drug-likeness (QED) is 0.859. The van der Waals surface area contributed by atoms with E-state index in [0.29, 0.717) is 25.6 Å². The van der Waals surface area contributed by atoms with Crippen LogP contribution in [0, 0.1) is 19.3 Å². The van der Waals surface area contributed by atoms with E-state index in [-0.39, 0.29) is 0 Å². The average molecular weight is 283 g/mol. The van der Waals surface area contributed by atoms with Crippen molar-refractivity contribution in [1.29, 1.82) is 0 Å². The van der Waals surface area contributed by atoms with E-state index in [0.717, 1.165) is 35.0 Å². The van der Waals surface area contributed by atoms with Crippen LogP contribution in [0.4, 0.5) is 5.82 Å². The molecule has 0 amide bonds. The molecule has 108 valence electrons. The summed E-state index contributed by atoms with van der Waals surface area (Å²) in [5.41, 5.74) is 7.78. The zero-order valence-electron chi connectivity index (χ0n) is 11.9. The molecule has 5 heteroatoms. The van der Waals surface area contributed by atoms with E-state index in [4.69, 9.17) is 21.6 Å². The summed E-state index contributed by atoms with van der Waals surface area (Å²) < 4.78 is 13.1. The molecule has 2 aromatic rings. The number of terminal acetylenes is 1. The van der Waals surface area contributed by atoms with E-state index in [2.05, 4.69) is 10.9 Å². The molecule has 5 nitrogen and oxygen atoms in total. The molecule has 3 rings (SSSR count). The van der Waals surface area contributed by atoms with Gasteiger partial charge in [0.15, 0.2) is 11.5 Å². The van der Waals surface area contributed by atoms with Crippen LogP contribution >= 0.6 is 0 Å². The number of ether oxygens (including phenoxy) is 2. The summed E-state index contributed by atoms with van der Waals surface area (Å²) in [4.78, 5) is 4.52. The van der Waals surface area contributed by atoms with Crippen molar-refractivity contribution in [2.45, 2.75) is 19.9 Å². The minimum absolute atomic E-state index is 0.412. The van der Waals surface area contributed by atoms with Crippen molar-refractivity contribution < 1.29 is 9.47 Å². The molecule has 21 heavy (non-hydrogen) atoms. The van der Waals surface area contributed by atoms with Gasteiger partial charge in [-0.25, -0.2) is 4.98 Å². The molecule has 0 saturated carbocycles. The summed E-state index contributed by atoms with van der Waals surface area (Å²) in [5.74, 6) is 5.44. The number of fused-ring (bicyclic) bond motifs is 1. The number of imidazole rings is 1. The first kappa shape index (κ1) is 13.4. The van der Waals surface area contributed by atoms with Gasteiger partial charge < -0.3 is 19.8 Å². The lowest BCUT2D eigenvalue weighted by atomic mass is 10.1. The predicted molar refractivity (Wildman–Crippen MR) is 81.3 cm³/mol. The topological polar surface area (TPSA) is 62.3 Å². The summed E-state index contributed by atoms with van der Waals surface area (Å²) in [7, 11) is 0. The van der Waals surface area contributed by atoms with E-state index in [9.17, 15) is 0 Å². The van der Waals surface area contributed by atoms with Crippen molar-refractivity contribution in [2.75, 3.05) is 18.9 Å². The van der Waals surface area contributed by atoms with E-state index < -0.39 is 0 Å². The van der Waals surface area contributed by atoms with E-state index in [1.807, 2.05) is 29.7 Å². The molecule has 0 bridgehead atoms. The zero-order chi connectivity index (χ0) is 14.8. The van der Waals surface area contributed by atoms with Gasteiger partial charge in [-0.15, -0.1) is 6.42 Å². The monoisotopic (exact) mass is 283 g/mol. The van der Waals surface area contributed by atoms with Crippen LogP contribution in [0.15, 0.2) is 18.2 Å². The van der Waals surface area contributed by atoms with Crippen molar-refractivity contribution in [3.05, 3.63) is 24.0 Å². The fourth-order valence-corrected chi connectivity index (χ4v) is 2.40. The fraction of sp³-hybridized carbons (Fsp3) is 0.312. The summed E-state index contributed by atoms with van der Waals surface area (Å²) >= 11 is 0. The van der Waals surface area contributed by atoms with Gasteiger partial charge in [-0.3, -0.25) is 0 Å². The van der Waals surface area contributed by atoms with Crippen LogP contribution in [-0.2, 0) is 6.54 Å². The fourth-order valence-electron chi connectivity index (χ4n) is 2.40. The van der Waals surface area contributed by atoms with Crippen LogP contribution in [0.1, 0.15) is 12.2 Å². The molecule has 1 aromatic heterocycles. The lowest BCUT2D eigenvalue weighted by molar-refractivity contribution is 0.297. The van der Waals surface area contributed by atoms with Crippen LogP contribution in [0.25, 0.3) is 11.3 Å².